The Bertz CT molecular complexity index is 1960. The minimum absolute atomic E-state index is 0.112. The van der Waals surface area contributed by atoms with Crippen LogP contribution in [0, 0.1) is 6.92 Å². The smallest absolute Gasteiger partial charge is 0.245 e. The van der Waals surface area contributed by atoms with E-state index >= 15 is 0 Å². The van der Waals surface area contributed by atoms with Gasteiger partial charge in [0.15, 0.2) is 17.3 Å². The molecule has 6 rings (SSSR count). The zero-order chi connectivity index (χ0) is 31.2. The van der Waals surface area contributed by atoms with Crippen LogP contribution in [0.25, 0.3) is 11.3 Å². The quantitative estimate of drug-likeness (QED) is 0.160. The van der Waals surface area contributed by atoms with Crippen LogP contribution in [-0.4, -0.2) is 15.7 Å². The highest BCUT2D eigenvalue weighted by Crippen LogP contribution is 2.46. The van der Waals surface area contributed by atoms with Crippen LogP contribution < -0.4 is 10.5 Å². The Morgan fingerprint density at radius 3 is 1.98 bits per heavy atom. The van der Waals surface area contributed by atoms with E-state index in [1.54, 1.807) is 23.5 Å². The second kappa shape index (κ2) is 13.7. The number of nitrogens with two attached hydrogens (primary N) is 1. The normalized spacial score (nSPS) is 11.2. The van der Waals surface area contributed by atoms with E-state index in [2.05, 4.69) is 58.6 Å². The van der Waals surface area contributed by atoms with Crippen LogP contribution in [0.3, 0.4) is 0 Å². The molecule has 6 aromatic rings. The van der Waals surface area contributed by atoms with Crippen molar-refractivity contribution in [3.8, 4) is 22.8 Å². The van der Waals surface area contributed by atoms with Crippen LogP contribution in [0.4, 0.5) is 17.2 Å². The zero-order valence-corrected chi connectivity index (χ0v) is 26.3. The van der Waals surface area contributed by atoms with E-state index in [0.717, 1.165) is 29.8 Å². The topological polar surface area (TPSA) is 94.9 Å². The molecule has 0 aliphatic rings. The van der Waals surface area contributed by atoms with E-state index in [1.165, 1.54) is 12.5 Å². The highest BCUT2D eigenvalue weighted by atomic mass is 32.2. The van der Waals surface area contributed by atoms with E-state index in [4.69, 9.17) is 10.5 Å². The lowest BCUT2D eigenvalue weighted by molar-refractivity contribution is 0.0924. The summed E-state index contributed by atoms with van der Waals surface area (Å²) in [6.45, 7) is 3.48. The maximum Gasteiger partial charge on any atom is 0.245 e. The highest BCUT2D eigenvalue weighted by molar-refractivity contribution is 8.02. The largest absolute Gasteiger partial charge is 0.455 e. The van der Waals surface area contributed by atoms with Crippen molar-refractivity contribution in [1.82, 2.24) is 9.78 Å². The number of nitrogens with zero attached hydrogens (tertiary/aromatic N) is 4. The number of benzene rings is 5. The third kappa shape index (κ3) is 7.17. The molecule has 0 aliphatic heterocycles. The van der Waals surface area contributed by atoms with Crippen LogP contribution in [0.5, 0.6) is 11.5 Å². The van der Waals surface area contributed by atoms with Crippen LogP contribution in [0.2, 0.25) is 0 Å². The van der Waals surface area contributed by atoms with Gasteiger partial charge in [0, 0.05) is 32.1 Å². The van der Waals surface area contributed by atoms with Crippen molar-refractivity contribution in [3.05, 3.63) is 133 Å². The number of aryl methyl sites for hydroxylation is 1. The number of anilines is 1. The summed E-state index contributed by atoms with van der Waals surface area (Å²) in [5, 5.41) is 13.8. The molecule has 2 N–H and O–H groups in total. The summed E-state index contributed by atoms with van der Waals surface area (Å²) in [5.74, 6) is 0.979. The van der Waals surface area contributed by atoms with Crippen molar-refractivity contribution >= 4 is 46.6 Å². The first-order valence-corrected chi connectivity index (χ1v) is 15.8. The summed E-state index contributed by atoms with van der Waals surface area (Å²) in [4.78, 5) is 16.5. The number of azo groups is 1. The zero-order valence-electron chi connectivity index (χ0n) is 24.6. The fourth-order valence-corrected chi connectivity index (χ4v) is 6.45. The van der Waals surface area contributed by atoms with E-state index in [9.17, 15) is 4.79 Å². The van der Waals surface area contributed by atoms with Crippen LogP contribution >= 0.6 is 23.5 Å². The first-order valence-electron chi connectivity index (χ1n) is 14.2. The minimum Gasteiger partial charge on any atom is -0.455 e. The lowest BCUT2D eigenvalue weighted by Crippen LogP contribution is -2.10. The number of nitrogen functional groups attached to an aromatic ring is 1. The SMILES string of the molecule is CC(=O)n1nc(-c2ccccc2)c(N=Nc2cc(Sc3ccccc3)c(Sc3ccc(C)cc3)cc2Oc2ccccc2)c1N. The number of rotatable bonds is 9. The van der Waals surface area contributed by atoms with Gasteiger partial charge in [-0.25, -0.2) is 0 Å². The van der Waals surface area contributed by atoms with Crippen molar-refractivity contribution < 1.29 is 9.53 Å². The summed E-state index contributed by atoms with van der Waals surface area (Å²) < 4.78 is 7.56. The lowest BCUT2D eigenvalue weighted by Gasteiger charge is -2.15. The Morgan fingerprint density at radius 2 is 1.33 bits per heavy atom. The second-order valence-corrected chi connectivity index (χ2v) is 12.3. The van der Waals surface area contributed by atoms with E-state index in [-0.39, 0.29) is 11.7 Å². The molecule has 0 amide bonds. The molecule has 0 saturated heterocycles. The van der Waals surface area contributed by atoms with Gasteiger partial charge in [0.25, 0.3) is 0 Å². The third-order valence-corrected chi connectivity index (χ3v) is 8.97. The van der Waals surface area contributed by atoms with Gasteiger partial charge in [-0.3, -0.25) is 4.79 Å². The first kappa shape index (κ1) is 29.9. The number of aromatic nitrogens is 2. The van der Waals surface area contributed by atoms with E-state index in [0.29, 0.717) is 28.6 Å². The van der Waals surface area contributed by atoms with Gasteiger partial charge in [-0.1, -0.05) is 108 Å². The number of hydrogen-bond acceptors (Lipinski definition) is 8. The van der Waals surface area contributed by atoms with Gasteiger partial charge in [0.1, 0.15) is 17.1 Å². The van der Waals surface area contributed by atoms with Gasteiger partial charge in [0.2, 0.25) is 5.91 Å². The number of carbonyl (C=O) groups excluding carboxylic acids is 1. The molecule has 0 spiro atoms. The van der Waals surface area contributed by atoms with Crippen molar-refractivity contribution in [1.29, 1.82) is 0 Å². The maximum absolute atomic E-state index is 12.3. The second-order valence-electron chi connectivity index (χ2n) is 10.1. The molecule has 1 aromatic heterocycles. The lowest BCUT2D eigenvalue weighted by atomic mass is 10.1. The molecule has 45 heavy (non-hydrogen) atoms. The first-order chi connectivity index (χ1) is 21.9. The number of para-hydroxylation sites is 1. The molecule has 222 valence electrons. The molecule has 9 heteroatoms. The van der Waals surface area contributed by atoms with E-state index < -0.39 is 0 Å². The summed E-state index contributed by atoms with van der Waals surface area (Å²) in [6, 6.07) is 41.6. The molecule has 0 unspecified atom stereocenters. The molecule has 0 fully saturated rings. The molecule has 0 saturated carbocycles. The van der Waals surface area contributed by atoms with Crippen molar-refractivity contribution in [3.63, 3.8) is 0 Å². The third-order valence-electron chi connectivity index (χ3n) is 6.71. The fourth-order valence-electron chi connectivity index (χ4n) is 4.47. The van der Waals surface area contributed by atoms with Crippen molar-refractivity contribution in [2.45, 2.75) is 33.4 Å². The van der Waals surface area contributed by atoms with Gasteiger partial charge < -0.3 is 10.5 Å². The molecule has 0 radical (unpaired) electrons. The fraction of sp³-hybridized carbons (Fsp3) is 0.0556. The Morgan fingerprint density at radius 1 is 0.756 bits per heavy atom. The van der Waals surface area contributed by atoms with E-state index in [1.807, 2.05) is 91.0 Å². The summed E-state index contributed by atoms with van der Waals surface area (Å²) >= 11 is 3.29. The van der Waals surface area contributed by atoms with Crippen LogP contribution in [0.15, 0.2) is 157 Å². The molecule has 0 atom stereocenters. The summed E-state index contributed by atoms with van der Waals surface area (Å²) in [7, 11) is 0. The van der Waals surface area contributed by atoms with Gasteiger partial charge in [-0.2, -0.15) is 9.78 Å². The van der Waals surface area contributed by atoms with Crippen LogP contribution in [0.1, 0.15) is 17.3 Å². The van der Waals surface area contributed by atoms with Crippen LogP contribution in [-0.2, 0) is 0 Å². The van der Waals surface area contributed by atoms with Gasteiger partial charge >= 0.3 is 0 Å². The highest BCUT2D eigenvalue weighted by Gasteiger charge is 2.20. The minimum atomic E-state index is -0.321. The molecule has 5 aromatic carbocycles. The molecule has 0 bridgehead atoms. The predicted molar refractivity (Wildman–Crippen MR) is 181 cm³/mol. The molecular formula is C36H29N5O2S2. The number of hydrogen-bond donors (Lipinski definition) is 1. The monoisotopic (exact) mass is 627 g/mol. The summed E-state index contributed by atoms with van der Waals surface area (Å²) in [5.41, 5.74) is 9.64. The Labute approximate surface area is 270 Å². The predicted octanol–water partition coefficient (Wildman–Crippen LogP) is 10.6. The van der Waals surface area contributed by atoms with Crippen molar-refractivity contribution in [2.75, 3.05) is 5.73 Å². The average molecular weight is 628 g/mol. The maximum atomic E-state index is 12.3. The molecule has 7 nitrogen and oxygen atoms in total. The Hall–Kier alpha value is -5.12. The van der Waals surface area contributed by atoms with Gasteiger partial charge in [-0.05, 0) is 55.5 Å². The standard InChI is InChI=1S/C36H29N5O2S2/c1-24-18-20-29(21-19-24)45-33-23-31(43-27-14-8-4-9-15-27)30(22-32(33)44-28-16-10-5-11-17-28)38-39-35-34(26-12-6-3-7-13-26)40-41(25(2)42)36(35)37/h3-23H,37H2,1-2H3. The summed E-state index contributed by atoms with van der Waals surface area (Å²) in [6.07, 6.45) is 0. The average Bonchev–Trinajstić information content (AvgIpc) is 3.40. The Kier molecular flexibility index (Phi) is 9.09. The molecular weight excluding hydrogens is 599 g/mol. The molecule has 1 heterocycles. The van der Waals surface area contributed by atoms with Gasteiger partial charge in [-0.15, -0.1) is 10.2 Å². The van der Waals surface area contributed by atoms with Gasteiger partial charge in [0.05, 0.1) is 0 Å². The number of carbonyl (C=O) groups is 1. The van der Waals surface area contributed by atoms with Crippen molar-refractivity contribution in [2.24, 2.45) is 10.2 Å². The number of ether oxygens (including phenoxy) is 1. The molecule has 0 aliphatic carbocycles. The Balaban J connectivity index is 1.49.